The van der Waals surface area contributed by atoms with E-state index >= 15 is 0 Å². The average Bonchev–Trinajstić information content (AvgIpc) is 2.33. The van der Waals surface area contributed by atoms with Crippen LogP contribution < -0.4 is 21.9 Å². The molecule has 0 aromatic carbocycles. The first kappa shape index (κ1) is 14.2. The zero-order valence-electron chi connectivity index (χ0n) is 9.51. The first-order valence-corrected chi connectivity index (χ1v) is 8.27. The average molecular weight is 281 g/mol. The largest absolute Gasteiger partial charge is 1.00 e. The van der Waals surface area contributed by atoms with Crippen molar-refractivity contribution in [1.29, 1.82) is 0 Å². The van der Waals surface area contributed by atoms with Crippen LogP contribution in [0.5, 0.6) is 0 Å². The second-order valence-corrected chi connectivity index (χ2v) is 9.11. The van der Waals surface area contributed by atoms with Crippen molar-refractivity contribution in [2.24, 2.45) is 0 Å². The quantitative estimate of drug-likeness (QED) is 0.557. The van der Waals surface area contributed by atoms with Gasteiger partial charge in [-0.1, -0.05) is 0 Å². The van der Waals surface area contributed by atoms with E-state index in [1.807, 2.05) is 0 Å². The van der Waals surface area contributed by atoms with Gasteiger partial charge in [-0.05, 0) is 19.6 Å². The Labute approximate surface area is 98.6 Å². The summed E-state index contributed by atoms with van der Waals surface area (Å²) in [7, 11) is 0.859. The topological polar surface area (TPSA) is 16.9 Å². The van der Waals surface area contributed by atoms with Crippen molar-refractivity contribution in [1.82, 2.24) is 4.90 Å². The summed E-state index contributed by atoms with van der Waals surface area (Å²) in [6.45, 7) is 9.65. The van der Waals surface area contributed by atoms with Crippen molar-refractivity contribution in [2.45, 2.75) is 19.6 Å². The van der Waals surface area contributed by atoms with E-state index in [4.69, 9.17) is 4.43 Å². The highest BCUT2D eigenvalue weighted by Gasteiger charge is 2.16. The number of hydrogen-bond acceptors (Lipinski definition) is 2. The van der Waals surface area contributed by atoms with Crippen molar-refractivity contribution in [3.05, 3.63) is 12.4 Å². The van der Waals surface area contributed by atoms with Crippen LogP contribution in [-0.4, -0.2) is 40.1 Å². The van der Waals surface area contributed by atoms with Crippen molar-refractivity contribution < 1.29 is 26.3 Å². The molecular weight excluding hydrogens is 260 g/mol. The monoisotopic (exact) mass is 280 g/mol. The normalized spacial score (nSPS) is 21.1. The van der Waals surface area contributed by atoms with E-state index in [0.717, 1.165) is 19.8 Å². The molecule has 0 aliphatic carbocycles. The lowest BCUT2D eigenvalue weighted by molar-refractivity contribution is -0.826. The van der Waals surface area contributed by atoms with Crippen LogP contribution in [-0.2, 0) is 4.43 Å². The summed E-state index contributed by atoms with van der Waals surface area (Å²) in [5, 5.41) is 0. The second kappa shape index (κ2) is 5.90. The van der Waals surface area contributed by atoms with Crippen LogP contribution in [0.4, 0.5) is 0 Å². The molecule has 1 atom stereocenters. The highest BCUT2D eigenvalue weighted by molar-refractivity contribution is 6.69. The lowest BCUT2D eigenvalue weighted by Gasteiger charge is -2.20. The first-order valence-electron chi connectivity index (χ1n) is 4.86. The van der Waals surface area contributed by atoms with Gasteiger partial charge < -0.3 is 26.3 Å². The van der Waals surface area contributed by atoms with Gasteiger partial charge in [0, 0.05) is 6.54 Å². The minimum Gasteiger partial charge on any atom is -1.00 e. The van der Waals surface area contributed by atoms with E-state index in [9.17, 15) is 0 Å². The van der Waals surface area contributed by atoms with Crippen molar-refractivity contribution >= 4 is 8.32 Å². The highest BCUT2D eigenvalue weighted by atomic mass is 79.9. The third-order valence-electron chi connectivity index (χ3n) is 1.94. The number of nitrogens with zero attached hydrogens (tertiary/aromatic N) is 1. The molecule has 5 heteroatoms. The SMILES string of the molecule is C[NH+]1C=CN(CCO[Si](C)(C)C)C1.[Br-]. The number of halogens is 1. The maximum Gasteiger partial charge on any atom is 0.183 e. The summed E-state index contributed by atoms with van der Waals surface area (Å²) in [4.78, 5) is 3.74. The number of hydrogen-bond donors (Lipinski definition) is 1. The van der Waals surface area contributed by atoms with Crippen LogP contribution in [0.25, 0.3) is 0 Å². The summed E-state index contributed by atoms with van der Waals surface area (Å²) in [6, 6.07) is 0. The van der Waals surface area contributed by atoms with E-state index in [2.05, 4.69) is 44.0 Å². The minimum atomic E-state index is -1.30. The molecule has 3 nitrogen and oxygen atoms in total. The molecule has 1 N–H and O–H groups in total. The summed E-state index contributed by atoms with van der Waals surface area (Å²) >= 11 is 0. The molecule has 1 unspecified atom stereocenters. The molecule has 1 aliphatic rings. The van der Waals surface area contributed by atoms with E-state index < -0.39 is 8.32 Å². The molecule has 0 fully saturated rings. The predicted octanol–water partition coefficient (Wildman–Crippen LogP) is -2.90. The van der Waals surface area contributed by atoms with E-state index in [0.29, 0.717) is 0 Å². The van der Waals surface area contributed by atoms with Crippen LogP contribution >= 0.6 is 0 Å². The van der Waals surface area contributed by atoms with Crippen LogP contribution in [0.3, 0.4) is 0 Å². The molecule has 0 saturated carbocycles. The Morgan fingerprint density at radius 2 is 2.07 bits per heavy atom. The van der Waals surface area contributed by atoms with Gasteiger partial charge in [-0.2, -0.15) is 0 Å². The third-order valence-corrected chi connectivity index (χ3v) is 3.01. The molecule has 14 heavy (non-hydrogen) atoms. The van der Waals surface area contributed by atoms with Gasteiger partial charge in [0.25, 0.3) is 0 Å². The molecule has 1 heterocycles. The van der Waals surface area contributed by atoms with Gasteiger partial charge in [-0.15, -0.1) is 0 Å². The first-order chi connectivity index (χ1) is 5.97. The third kappa shape index (κ3) is 5.80. The molecule has 0 saturated heterocycles. The van der Waals surface area contributed by atoms with Gasteiger partial charge in [0.05, 0.1) is 19.9 Å². The van der Waals surface area contributed by atoms with Crippen LogP contribution in [0.2, 0.25) is 19.6 Å². The van der Waals surface area contributed by atoms with E-state index in [-0.39, 0.29) is 17.0 Å². The Morgan fingerprint density at radius 3 is 2.50 bits per heavy atom. The molecule has 0 bridgehead atoms. The van der Waals surface area contributed by atoms with Gasteiger partial charge in [-0.3, -0.25) is 4.90 Å². The molecule has 0 spiro atoms. The Bertz CT molecular complexity index is 194. The fourth-order valence-electron chi connectivity index (χ4n) is 1.28. The fraction of sp³-hybridized carbons (Fsp3) is 0.778. The van der Waals surface area contributed by atoms with Crippen LogP contribution in [0, 0.1) is 0 Å². The Kier molecular flexibility index (Phi) is 5.96. The van der Waals surface area contributed by atoms with E-state index in [1.165, 1.54) is 4.90 Å². The molecule has 0 aromatic rings. The lowest BCUT2D eigenvalue weighted by Crippen LogP contribution is -3.03. The van der Waals surface area contributed by atoms with Crippen molar-refractivity contribution in [3.63, 3.8) is 0 Å². The van der Waals surface area contributed by atoms with Crippen molar-refractivity contribution in [2.75, 3.05) is 26.9 Å². The number of rotatable bonds is 4. The summed E-state index contributed by atoms with van der Waals surface area (Å²) in [5.74, 6) is 0. The van der Waals surface area contributed by atoms with Gasteiger partial charge >= 0.3 is 0 Å². The summed E-state index contributed by atoms with van der Waals surface area (Å²) < 4.78 is 5.78. The molecule has 1 aliphatic heterocycles. The van der Waals surface area contributed by atoms with Crippen LogP contribution in [0.1, 0.15) is 0 Å². The zero-order valence-corrected chi connectivity index (χ0v) is 12.1. The van der Waals surface area contributed by atoms with Gasteiger partial charge in [0.1, 0.15) is 6.20 Å². The van der Waals surface area contributed by atoms with E-state index in [1.54, 1.807) is 0 Å². The molecule has 84 valence electrons. The molecular formula is C9H21BrN2OSi. The molecule has 0 amide bonds. The maximum atomic E-state index is 5.78. The standard InChI is InChI=1S/C9H20N2OSi.BrH/c1-10-5-6-11(9-10)7-8-12-13(2,3)4;/h5-6H,7-9H2,1-4H3;1H. The Balaban J connectivity index is 0.00000169. The highest BCUT2D eigenvalue weighted by Crippen LogP contribution is 2.02. The lowest BCUT2D eigenvalue weighted by atomic mass is 10.6. The summed E-state index contributed by atoms with van der Waals surface area (Å²) in [6.07, 6.45) is 4.33. The van der Waals surface area contributed by atoms with Crippen LogP contribution in [0.15, 0.2) is 12.4 Å². The second-order valence-electron chi connectivity index (χ2n) is 4.59. The molecule has 0 aromatic heterocycles. The minimum absolute atomic E-state index is 0. The molecule has 1 rings (SSSR count). The van der Waals surface area contributed by atoms with Gasteiger partial charge in [0.2, 0.25) is 0 Å². The van der Waals surface area contributed by atoms with Gasteiger partial charge in [-0.25, -0.2) is 0 Å². The molecule has 0 radical (unpaired) electrons. The predicted molar refractivity (Wildman–Crippen MR) is 56.9 cm³/mol. The Morgan fingerprint density at radius 1 is 1.43 bits per heavy atom. The Hall–Kier alpha value is 0.157. The number of nitrogens with one attached hydrogen (secondary N) is 1. The maximum absolute atomic E-state index is 5.78. The number of quaternary nitrogens is 1. The fourth-order valence-corrected chi connectivity index (χ4v) is 1.98. The zero-order chi connectivity index (χ0) is 9.90. The smallest absolute Gasteiger partial charge is 0.183 e. The van der Waals surface area contributed by atoms with Crippen molar-refractivity contribution in [3.8, 4) is 0 Å². The van der Waals surface area contributed by atoms with Gasteiger partial charge in [0.15, 0.2) is 15.0 Å². The summed E-state index contributed by atoms with van der Waals surface area (Å²) in [5.41, 5.74) is 0.